The molecule has 7 heteroatoms. The number of nitrogens with zero attached hydrogens (tertiary/aromatic N) is 3. The molecule has 0 unspecified atom stereocenters. The van der Waals surface area contributed by atoms with Crippen molar-refractivity contribution < 1.29 is 9.53 Å². The molecule has 0 spiro atoms. The molecule has 0 saturated carbocycles. The van der Waals surface area contributed by atoms with E-state index in [-0.39, 0.29) is 24.3 Å². The summed E-state index contributed by atoms with van der Waals surface area (Å²) in [6.07, 6.45) is 0. The third kappa shape index (κ3) is 5.51. The van der Waals surface area contributed by atoms with Crippen molar-refractivity contribution >= 4 is 29.2 Å². The van der Waals surface area contributed by atoms with E-state index in [1.807, 2.05) is 52.0 Å². The number of anilines is 4. The van der Waals surface area contributed by atoms with Crippen molar-refractivity contribution in [1.82, 2.24) is 15.0 Å². The molecule has 0 amide bonds. The Morgan fingerprint density at radius 2 is 1.17 bits per heavy atom. The minimum absolute atomic E-state index is 0.0550. The fraction of sp³-hybridized carbons (Fsp3) is 0.273. The second-order valence-corrected chi connectivity index (χ2v) is 7.03. The van der Waals surface area contributed by atoms with Gasteiger partial charge in [0.25, 0.3) is 0 Å². The molecule has 2 N–H and O–H groups in total. The first-order valence-corrected chi connectivity index (χ1v) is 9.46. The van der Waals surface area contributed by atoms with Gasteiger partial charge in [0, 0.05) is 11.4 Å². The first-order chi connectivity index (χ1) is 13.8. The van der Waals surface area contributed by atoms with Gasteiger partial charge in [-0.05, 0) is 81.1 Å². The second-order valence-electron chi connectivity index (χ2n) is 7.03. The maximum absolute atomic E-state index is 12.2. The molecule has 0 bridgehead atoms. The molecule has 0 atom stereocenters. The Morgan fingerprint density at radius 1 is 0.759 bits per heavy atom. The van der Waals surface area contributed by atoms with Crippen LogP contribution in [0.1, 0.15) is 39.8 Å². The van der Waals surface area contributed by atoms with Crippen molar-refractivity contribution in [3.63, 3.8) is 0 Å². The number of carbonyl (C=O) groups is 1. The zero-order valence-electron chi connectivity index (χ0n) is 17.3. The van der Waals surface area contributed by atoms with Gasteiger partial charge >= 0.3 is 5.97 Å². The molecule has 0 fully saturated rings. The molecule has 0 aliphatic rings. The summed E-state index contributed by atoms with van der Waals surface area (Å²) in [4.78, 5) is 25.1. The summed E-state index contributed by atoms with van der Waals surface area (Å²) in [7, 11) is 0. The predicted molar refractivity (Wildman–Crippen MR) is 114 cm³/mol. The predicted octanol–water partition coefficient (Wildman–Crippen LogP) is 4.77. The zero-order valence-corrected chi connectivity index (χ0v) is 17.3. The summed E-state index contributed by atoms with van der Waals surface area (Å²) in [6, 6.07) is 12.1. The molecule has 1 aromatic heterocycles. The molecular weight excluding hydrogens is 366 g/mol. The number of aryl methyl sites for hydroxylation is 4. The van der Waals surface area contributed by atoms with Crippen LogP contribution in [0, 0.1) is 27.7 Å². The Hall–Kier alpha value is -3.48. The van der Waals surface area contributed by atoms with Gasteiger partial charge in [0.15, 0.2) is 0 Å². The third-order valence-corrected chi connectivity index (χ3v) is 4.05. The molecule has 7 nitrogen and oxygen atoms in total. The van der Waals surface area contributed by atoms with Gasteiger partial charge in [0.05, 0.1) is 6.61 Å². The van der Waals surface area contributed by atoms with Crippen LogP contribution < -0.4 is 10.6 Å². The molecule has 0 saturated heterocycles. The number of ether oxygens (including phenoxy) is 1. The van der Waals surface area contributed by atoms with Crippen LogP contribution in [-0.2, 0) is 4.74 Å². The van der Waals surface area contributed by atoms with Crippen LogP contribution in [0.2, 0.25) is 0 Å². The van der Waals surface area contributed by atoms with E-state index in [2.05, 4.69) is 37.7 Å². The number of carbonyl (C=O) groups excluding carboxylic acids is 1. The Labute approximate surface area is 170 Å². The van der Waals surface area contributed by atoms with Crippen molar-refractivity contribution in [2.24, 2.45) is 0 Å². The lowest BCUT2D eigenvalue weighted by molar-refractivity contribution is 0.0512. The van der Waals surface area contributed by atoms with E-state index in [4.69, 9.17) is 4.74 Å². The highest BCUT2D eigenvalue weighted by Gasteiger charge is 2.15. The SMILES string of the molecule is CCOC(=O)c1nc(Nc2cc(C)cc(C)c2)nc(Nc2cc(C)cc(C)c2)n1. The normalized spacial score (nSPS) is 10.5. The van der Waals surface area contributed by atoms with Crippen LogP contribution in [0.4, 0.5) is 23.3 Å². The molecule has 3 rings (SSSR count). The third-order valence-electron chi connectivity index (χ3n) is 4.05. The first kappa shape index (κ1) is 20.3. The lowest BCUT2D eigenvalue weighted by Gasteiger charge is -2.12. The van der Waals surface area contributed by atoms with Crippen LogP contribution in [-0.4, -0.2) is 27.5 Å². The van der Waals surface area contributed by atoms with Gasteiger partial charge in [0.2, 0.25) is 17.7 Å². The molecule has 2 aromatic carbocycles. The molecular formula is C22H25N5O2. The van der Waals surface area contributed by atoms with Crippen molar-refractivity contribution in [2.75, 3.05) is 17.2 Å². The largest absolute Gasteiger partial charge is 0.460 e. The summed E-state index contributed by atoms with van der Waals surface area (Å²) in [6.45, 7) is 10.0. The van der Waals surface area contributed by atoms with Gasteiger partial charge in [0.1, 0.15) is 0 Å². The smallest absolute Gasteiger partial charge is 0.376 e. The zero-order chi connectivity index (χ0) is 21.0. The van der Waals surface area contributed by atoms with Crippen molar-refractivity contribution in [2.45, 2.75) is 34.6 Å². The minimum Gasteiger partial charge on any atom is -0.460 e. The van der Waals surface area contributed by atoms with E-state index in [0.29, 0.717) is 0 Å². The highest BCUT2D eigenvalue weighted by atomic mass is 16.5. The quantitative estimate of drug-likeness (QED) is 0.585. The molecule has 0 aliphatic carbocycles. The molecule has 0 radical (unpaired) electrons. The lowest BCUT2D eigenvalue weighted by atomic mass is 10.1. The minimum atomic E-state index is -0.596. The summed E-state index contributed by atoms with van der Waals surface area (Å²) >= 11 is 0. The molecule has 0 aliphatic heterocycles. The van der Waals surface area contributed by atoms with Crippen molar-refractivity contribution in [3.8, 4) is 0 Å². The molecule has 1 heterocycles. The standard InChI is InChI=1S/C22H25N5O2/c1-6-29-20(28)19-25-21(23-17-9-13(2)7-14(3)10-17)27-22(26-19)24-18-11-15(4)8-16(5)12-18/h7-12H,6H2,1-5H3,(H2,23,24,25,26,27). The number of rotatable bonds is 6. The summed E-state index contributed by atoms with van der Waals surface area (Å²) < 4.78 is 5.07. The second kappa shape index (κ2) is 8.68. The van der Waals surface area contributed by atoms with Crippen LogP contribution >= 0.6 is 0 Å². The summed E-state index contributed by atoms with van der Waals surface area (Å²) in [5.74, 6) is -0.123. The van der Waals surface area contributed by atoms with Crippen molar-refractivity contribution in [3.05, 3.63) is 64.5 Å². The van der Waals surface area contributed by atoms with E-state index < -0.39 is 5.97 Å². The van der Waals surface area contributed by atoms with Gasteiger partial charge in [-0.25, -0.2) is 4.79 Å². The van der Waals surface area contributed by atoms with Crippen molar-refractivity contribution in [1.29, 1.82) is 0 Å². The summed E-state index contributed by atoms with van der Waals surface area (Å²) in [5.41, 5.74) is 6.12. The van der Waals surface area contributed by atoms with Crippen LogP contribution in [0.15, 0.2) is 36.4 Å². The number of hydrogen-bond acceptors (Lipinski definition) is 7. The molecule has 150 valence electrons. The van der Waals surface area contributed by atoms with Gasteiger partial charge < -0.3 is 15.4 Å². The van der Waals surface area contributed by atoms with E-state index in [1.165, 1.54) is 0 Å². The number of esters is 1. The van der Waals surface area contributed by atoms with Gasteiger partial charge in [-0.15, -0.1) is 0 Å². The monoisotopic (exact) mass is 391 g/mol. The van der Waals surface area contributed by atoms with E-state index in [1.54, 1.807) is 6.92 Å². The number of benzene rings is 2. The fourth-order valence-corrected chi connectivity index (χ4v) is 3.13. The average Bonchev–Trinajstić information content (AvgIpc) is 2.60. The number of nitrogens with one attached hydrogen (secondary N) is 2. The van der Waals surface area contributed by atoms with E-state index in [9.17, 15) is 4.79 Å². The van der Waals surface area contributed by atoms with Crippen LogP contribution in [0.25, 0.3) is 0 Å². The van der Waals surface area contributed by atoms with E-state index in [0.717, 1.165) is 33.6 Å². The Balaban J connectivity index is 1.97. The van der Waals surface area contributed by atoms with Crippen LogP contribution in [0.5, 0.6) is 0 Å². The van der Waals surface area contributed by atoms with Gasteiger partial charge in [-0.1, -0.05) is 12.1 Å². The van der Waals surface area contributed by atoms with E-state index >= 15 is 0 Å². The number of hydrogen-bond donors (Lipinski definition) is 2. The maximum atomic E-state index is 12.2. The number of aromatic nitrogens is 3. The Kier molecular flexibility index (Phi) is 6.07. The highest BCUT2D eigenvalue weighted by molar-refractivity contribution is 5.86. The van der Waals surface area contributed by atoms with Gasteiger partial charge in [-0.2, -0.15) is 15.0 Å². The molecule has 3 aromatic rings. The van der Waals surface area contributed by atoms with Crippen LogP contribution in [0.3, 0.4) is 0 Å². The molecule has 29 heavy (non-hydrogen) atoms. The maximum Gasteiger partial charge on any atom is 0.376 e. The topological polar surface area (TPSA) is 89.0 Å². The average molecular weight is 391 g/mol. The first-order valence-electron chi connectivity index (χ1n) is 9.46. The Bertz CT molecular complexity index is 937. The highest BCUT2D eigenvalue weighted by Crippen LogP contribution is 2.21. The Morgan fingerprint density at radius 3 is 1.55 bits per heavy atom. The fourth-order valence-electron chi connectivity index (χ4n) is 3.13. The van der Waals surface area contributed by atoms with Gasteiger partial charge in [-0.3, -0.25) is 0 Å². The summed E-state index contributed by atoms with van der Waals surface area (Å²) in [5, 5.41) is 6.32. The lowest BCUT2D eigenvalue weighted by Crippen LogP contribution is -2.14.